The second kappa shape index (κ2) is 11.8. The maximum Gasteiger partial charge on any atom is 0.202 e. The van der Waals surface area contributed by atoms with Crippen LogP contribution in [-0.4, -0.2) is 16.1 Å². The second-order valence-corrected chi connectivity index (χ2v) is 5.70. The van der Waals surface area contributed by atoms with E-state index in [0.717, 1.165) is 19.0 Å². The summed E-state index contributed by atoms with van der Waals surface area (Å²) in [6.45, 7) is 6.63. The second-order valence-electron chi connectivity index (χ2n) is 5.70. The highest BCUT2D eigenvalue weighted by Gasteiger charge is 2.00. The van der Waals surface area contributed by atoms with E-state index in [0.29, 0.717) is 0 Å². The summed E-state index contributed by atoms with van der Waals surface area (Å²) in [5.74, 6) is 1.04. The first-order valence-corrected chi connectivity index (χ1v) is 8.63. The van der Waals surface area contributed by atoms with Gasteiger partial charge in [0.25, 0.3) is 0 Å². The van der Waals surface area contributed by atoms with Gasteiger partial charge in [0, 0.05) is 25.5 Å². The minimum absolute atomic E-state index is 1.04. The van der Waals surface area contributed by atoms with Crippen molar-refractivity contribution in [3.8, 4) is 0 Å². The van der Waals surface area contributed by atoms with Crippen LogP contribution in [0.1, 0.15) is 78.1 Å². The number of aromatic nitrogens is 2. The predicted octanol–water partition coefficient (Wildman–Crippen LogP) is 5.24. The molecule has 0 spiro atoms. The summed E-state index contributed by atoms with van der Waals surface area (Å²) in [5.41, 5.74) is 0. The summed E-state index contributed by atoms with van der Waals surface area (Å²) in [6, 6.07) is 0. The van der Waals surface area contributed by atoms with Gasteiger partial charge in [0.15, 0.2) is 0 Å². The van der Waals surface area contributed by atoms with Gasteiger partial charge in [-0.05, 0) is 12.8 Å². The largest absolute Gasteiger partial charge is 0.356 e. The van der Waals surface area contributed by atoms with Gasteiger partial charge >= 0.3 is 0 Å². The Labute approximate surface area is 125 Å². The Kier molecular flexibility index (Phi) is 10.1. The molecule has 20 heavy (non-hydrogen) atoms. The van der Waals surface area contributed by atoms with Crippen LogP contribution in [0.15, 0.2) is 12.4 Å². The van der Waals surface area contributed by atoms with E-state index in [9.17, 15) is 0 Å². The first kappa shape index (κ1) is 17.1. The highest BCUT2D eigenvalue weighted by atomic mass is 15.2. The molecule has 0 saturated heterocycles. The number of aryl methyl sites for hydroxylation is 1. The lowest BCUT2D eigenvalue weighted by Gasteiger charge is -2.09. The van der Waals surface area contributed by atoms with E-state index in [-0.39, 0.29) is 0 Å². The van der Waals surface area contributed by atoms with Crippen molar-refractivity contribution in [2.45, 2.75) is 84.6 Å². The number of unbranched alkanes of at least 4 members (excludes halogenated alkanes) is 8. The Morgan fingerprint density at radius 3 is 2.25 bits per heavy atom. The molecular weight excluding hydrogens is 246 g/mol. The Morgan fingerprint density at radius 2 is 1.55 bits per heavy atom. The monoisotopic (exact) mass is 279 g/mol. The maximum atomic E-state index is 4.39. The standard InChI is InChI=1S/C17H33N3/c1-3-5-7-8-9-10-11-12-13-18-17-19-14-16-20(17)15-6-4-2/h14,16H,3-13,15H2,1-2H3,(H,18,19). The van der Waals surface area contributed by atoms with Gasteiger partial charge in [-0.2, -0.15) is 0 Å². The number of nitrogens with one attached hydrogen (secondary N) is 1. The molecule has 0 saturated carbocycles. The topological polar surface area (TPSA) is 29.9 Å². The Morgan fingerprint density at radius 1 is 0.900 bits per heavy atom. The van der Waals surface area contributed by atoms with Crippen molar-refractivity contribution in [1.82, 2.24) is 9.55 Å². The number of anilines is 1. The zero-order valence-corrected chi connectivity index (χ0v) is 13.5. The maximum absolute atomic E-state index is 4.39. The summed E-state index contributed by atoms with van der Waals surface area (Å²) in [6.07, 6.45) is 17.4. The zero-order valence-electron chi connectivity index (χ0n) is 13.5. The van der Waals surface area contributed by atoms with Crippen LogP contribution in [0, 0.1) is 0 Å². The van der Waals surface area contributed by atoms with Gasteiger partial charge in [-0.1, -0.05) is 65.2 Å². The van der Waals surface area contributed by atoms with E-state index in [4.69, 9.17) is 0 Å². The van der Waals surface area contributed by atoms with Crippen LogP contribution in [0.25, 0.3) is 0 Å². The van der Waals surface area contributed by atoms with Crippen LogP contribution in [-0.2, 0) is 6.54 Å². The summed E-state index contributed by atoms with van der Waals surface area (Å²) in [4.78, 5) is 4.39. The van der Waals surface area contributed by atoms with Crippen molar-refractivity contribution in [2.24, 2.45) is 0 Å². The molecule has 1 heterocycles. The molecule has 0 bridgehead atoms. The van der Waals surface area contributed by atoms with Crippen LogP contribution >= 0.6 is 0 Å². The van der Waals surface area contributed by atoms with E-state index in [1.54, 1.807) is 0 Å². The molecule has 0 aromatic carbocycles. The molecule has 0 aliphatic carbocycles. The Bertz CT molecular complexity index is 320. The number of imidazole rings is 1. The smallest absolute Gasteiger partial charge is 0.202 e. The third-order valence-electron chi connectivity index (χ3n) is 3.78. The minimum atomic E-state index is 1.04. The molecule has 1 N–H and O–H groups in total. The molecule has 0 atom stereocenters. The molecule has 116 valence electrons. The molecule has 0 aliphatic heterocycles. The van der Waals surface area contributed by atoms with Crippen LogP contribution in [0.4, 0.5) is 5.95 Å². The molecule has 0 aliphatic rings. The van der Waals surface area contributed by atoms with Gasteiger partial charge in [-0.3, -0.25) is 0 Å². The summed E-state index contributed by atoms with van der Waals surface area (Å²) >= 11 is 0. The van der Waals surface area contributed by atoms with Crippen LogP contribution in [0.3, 0.4) is 0 Å². The summed E-state index contributed by atoms with van der Waals surface area (Å²) < 4.78 is 2.23. The van der Waals surface area contributed by atoms with Crippen LogP contribution in [0.2, 0.25) is 0 Å². The molecule has 3 nitrogen and oxygen atoms in total. The van der Waals surface area contributed by atoms with E-state index in [1.807, 2.05) is 6.20 Å². The van der Waals surface area contributed by atoms with Crippen molar-refractivity contribution >= 4 is 5.95 Å². The van der Waals surface area contributed by atoms with E-state index < -0.39 is 0 Å². The summed E-state index contributed by atoms with van der Waals surface area (Å²) in [5, 5.41) is 3.47. The van der Waals surface area contributed by atoms with Gasteiger partial charge < -0.3 is 9.88 Å². The van der Waals surface area contributed by atoms with Crippen LogP contribution in [0.5, 0.6) is 0 Å². The number of hydrogen-bond donors (Lipinski definition) is 1. The lowest BCUT2D eigenvalue weighted by atomic mass is 10.1. The van der Waals surface area contributed by atoms with Crippen molar-refractivity contribution < 1.29 is 0 Å². The molecule has 3 heteroatoms. The van der Waals surface area contributed by atoms with Gasteiger partial charge in [0.1, 0.15) is 0 Å². The fourth-order valence-electron chi connectivity index (χ4n) is 2.44. The molecular formula is C17H33N3. The fraction of sp³-hybridized carbons (Fsp3) is 0.824. The van der Waals surface area contributed by atoms with E-state index in [2.05, 4.69) is 34.9 Å². The average Bonchev–Trinajstić information content (AvgIpc) is 2.91. The summed E-state index contributed by atoms with van der Waals surface area (Å²) in [7, 11) is 0. The molecule has 1 aromatic rings. The molecule has 0 amide bonds. The number of nitrogens with zero attached hydrogens (tertiary/aromatic N) is 2. The Balaban J connectivity index is 1.99. The lowest BCUT2D eigenvalue weighted by Crippen LogP contribution is -2.08. The van der Waals surface area contributed by atoms with Gasteiger partial charge in [-0.25, -0.2) is 4.98 Å². The predicted molar refractivity (Wildman–Crippen MR) is 88.2 cm³/mol. The third-order valence-corrected chi connectivity index (χ3v) is 3.78. The number of rotatable bonds is 13. The van der Waals surface area contributed by atoms with Gasteiger partial charge in [0.05, 0.1) is 0 Å². The molecule has 0 radical (unpaired) electrons. The first-order chi connectivity index (χ1) is 9.88. The van der Waals surface area contributed by atoms with Gasteiger partial charge in [0.2, 0.25) is 5.95 Å². The van der Waals surface area contributed by atoms with Crippen molar-refractivity contribution in [3.63, 3.8) is 0 Å². The van der Waals surface area contributed by atoms with Crippen molar-refractivity contribution in [2.75, 3.05) is 11.9 Å². The highest BCUT2D eigenvalue weighted by Crippen LogP contribution is 2.10. The van der Waals surface area contributed by atoms with E-state index in [1.165, 1.54) is 64.2 Å². The fourth-order valence-corrected chi connectivity index (χ4v) is 2.44. The molecule has 1 aromatic heterocycles. The lowest BCUT2D eigenvalue weighted by molar-refractivity contribution is 0.579. The van der Waals surface area contributed by atoms with Crippen LogP contribution < -0.4 is 5.32 Å². The highest BCUT2D eigenvalue weighted by molar-refractivity contribution is 5.25. The third kappa shape index (κ3) is 7.56. The quantitative estimate of drug-likeness (QED) is 0.501. The van der Waals surface area contributed by atoms with E-state index >= 15 is 0 Å². The number of hydrogen-bond acceptors (Lipinski definition) is 2. The average molecular weight is 279 g/mol. The normalized spacial score (nSPS) is 10.9. The van der Waals surface area contributed by atoms with Crippen molar-refractivity contribution in [1.29, 1.82) is 0 Å². The SMILES string of the molecule is CCCCCCCCCCNc1nccn1CCCC. The van der Waals surface area contributed by atoms with Crippen molar-refractivity contribution in [3.05, 3.63) is 12.4 Å². The molecule has 0 unspecified atom stereocenters. The van der Waals surface area contributed by atoms with Gasteiger partial charge in [-0.15, -0.1) is 0 Å². The Hall–Kier alpha value is -0.990. The first-order valence-electron chi connectivity index (χ1n) is 8.63. The zero-order chi connectivity index (χ0) is 14.5. The molecule has 1 rings (SSSR count). The molecule has 0 fully saturated rings. The minimum Gasteiger partial charge on any atom is -0.356 e.